The lowest BCUT2D eigenvalue weighted by molar-refractivity contribution is 1.18. The lowest BCUT2D eigenvalue weighted by Crippen LogP contribution is -2.10. The van der Waals surface area contributed by atoms with Gasteiger partial charge >= 0.3 is 0 Å². The van der Waals surface area contributed by atoms with Crippen molar-refractivity contribution in [1.29, 1.82) is 0 Å². The summed E-state index contributed by atoms with van der Waals surface area (Å²) in [4.78, 5) is 2.45. The van der Waals surface area contributed by atoms with Crippen molar-refractivity contribution in [2.75, 3.05) is 4.90 Å². The van der Waals surface area contributed by atoms with Crippen LogP contribution in [-0.2, 0) is 0 Å². The Bertz CT molecular complexity index is 3190. The highest BCUT2D eigenvalue weighted by atomic mass is 32.1. The molecule has 0 N–H and O–H groups in total. The molecule has 2 heterocycles. The van der Waals surface area contributed by atoms with Gasteiger partial charge in [-0.15, -0.1) is 11.3 Å². The second-order valence-corrected chi connectivity index (χ2v) is 15.2. The minimum atomic E-state index is 1.11. The van der Waals surface area contributed by atoms with Crippen LogP contribution >= 0.6 is 11.3 Å². The standard InChI is InChI=1S/C52H34N2S/c1-3-15-35(16-4-1)36-29-31-40(32-30-36)53(46-26-14-28-49-51(46)44-24-10-12-27-48(44)55-49)41-21-13-18-38(33-41)50-42-22-8-7-17-37(42)34-47-52(50)43-23-9-11-25-45(43)54(47)39-19-5-2-6-20-39/h1-34H. The van der Waals surface area contributed by atoms with E-state index in [1.165, 1.54) is 80.7 Å². The zero-order valence-electron chi connectivity index (χ0n) is 29.9. The molecule has 0 aliphatic carbocycles. The molecule has 0 spiro atoms. The molecule has 0 aliphatic rings. The van der Waals surface area contributed by atoms with E-state index < -0.39 is 0 Å². The molecular weight excluding hydrogens is 685 g/mol. The van der Waals surface area contributed by atoms with Gasteiger partial charge in [-0.25, -0.2) is 0 Å². The minimum absolute atomic E-state index is 1.11. The number of rotatable bonds is 6. The maximum Gasteiger partial charge on any atom is 0.0554 e. The third-order valence-electron chi connectivity index (χ3n) is 10.9. The molecule has 3 heteroatoms. The number of hydrogen-bond donors (Lipinski definition) is 0. The van der Waals surface area contributed by atoms with Crippen molar-refractivity contribution in [3.05, 3.63) is 206 Å². The van der Waals surface area contributed by atoms with Crippen LogP contribution in [0, 0.1) is 0 Å². The topological polar surface area (TPSA) is 8.17 Å². The van der Waals surface area contributed by atoms with Crippen molar-refractivity contribution < 1.29 is 0 Å². The monoisotopic (exact) mass is 718 g/mol. The quantitative estimate of drug-likeness (QED) is 0.166. The van der Waals surface area contributed by atoms with Crippen LogP contribution in [0.25, 0.3) is 80.7 Å². The summed E-state index contributed by atoms with van der Waals surface area (Å²) >= 11 is 1.86. The molecule has 2 nitrogen and oxygen atoms in total. The predicted molar refractivity (Wildman–Crippen MR) is 237 cm³/mol. The average Bonchev–Trinajstić information content (AvgIpc) is 3.80. The van der Waals surface area contributed by atoms with Gasteiger partial charge in [0.25, 0.3) is 0 Å². The van der Waals surface area contributed by atoms with Crippen molar-refractivity contribution in [3.63, 3.8) is 0 Å². The van der Waals surface area contributed by atoms with Crippen LogP contribution in [-0.4, -0.2) is 4.57 Å². The number of thiophene rings is 1. The summed E-state index contributed by atoms with van der Waals surface area (Å²) in [7, 11) is 0. The van der Waals surface area contributed by atoms with E-state index in [1.807, 2.05) is 11.3 Å². The van der Waals surface area contributed by atoms with Crippen LogP contribution in [0.4, 0.5) is 17.1 Å². The van der Waals surface area contributed by atoms with Gasteiger partial charge in [-0.3, -0.25) is 0 Å². The predicted octanol–water partition coefficient (Wildman–Crippen LogP) is 15.1. The summed E-state index contributed by atoms with van der Waals surface area (Å²) in [6.45, 7) is 0. The molecule has 0 bridgehead atoms. The number of fused-ring (bicyclic) bond motifs is 7. The third-order valence-corrected chi connectivity index (χ3v) is 12.1. The maximum absolute atomic E-state index is 2.45. The fourth-order valence-corrected chi connectivity index (χ4v) is 9.68. The summed E-state index contributed by atoms with van der Waals surface area (Å²) in [5, 5.41) is 7.53. The molecule has 0 saturated heterocycles. The Morgan fingerprint density at radius 1 is 0.382 bits per heavy atom. The van der Waals surface area contributed by atoms with Crippen LogP contribution in [0.2, 0.25) is 0 Å². The van der Waals surface area contributed by atoms with E-state index in [1.54, 1.807) is 0 Å². The van der Waals surface area contributed by atoms with E-state index in [-0.39, 0.29) is 0 Å². The fourth-order valence-electron chi connectivity index (χ4n) is 8.55. The molecule has 0 radical (unpaired) electrons. The van der Waals surface area contributed by atoms with Gasteiger partial charge in [-0.1, -0.05) is 140 Å². The van der Waals surface area contributed by atoms with E-state index in [0.717, 1.165) is 17.1 Å². The fraction of sp³-hybridized carbons (Fsp3) is 0. The Kier molecular flexibility index (Phi) is 7.39. The van der Waals surface area contributed by atoms with Crippen molar-refractivity contribution in [3.8, 4) is 27.9 Å². The summed E-state index contributed by atoms with van der Waals surface area (Å²) in [6, 6.07) is 75.2. The Morgan fingerprint density at radius 3 is 1.85 bits per heavy atom. The Morgan fingerprint density at radius 2 is 1.02 bits per heavy atom. The first-order valence-corrected chi connectivity index (χ1v) is 19.6. The molecule has 0 fully saturated rings. The molecule has 11 aromatic rings. The van der Waals surface area contributed by atoms with Gasteiger partial charge in [0.15, 0.2) is 0 Å². The van der Waals surface area contributed by atoms with Gasteiger partial charge in [-0.2, -0.15) is 0 Å². The van der Waals surface area contributed by atoms with Crippen LogP contribution in [0.5, 0.6) is 0 Å². The average molecular weight is 719 g/mol. The van der Waals surface area contributed by atoms with Crippen molar-refractivity contribution >= 4 is 81.1 Å². The molecule has 0 unspecified atom stereocenters. The van der Waals surface area contributed by atoms with Crippen LogP contribution < -0.4 is 4.90 Å². The van der Waals surface area contributed by atoms with Gasteiger partial charge in [0.1, 0.15) is 0 Å². The van der Waals surface area contributed by atoms with Gasteiger partial charge in [-0.05, 0) is 99.8 Å². The van der Waals surface area contributed by atoms with Crippen LogP contribution in [0.15, 0.2) is 206 Å². The first-order valence-electron chi connectivity index (χ1n) is 18.8. The smallest absolute Gasteiger partial charge is 0.0554 e. The van der Waals surface area contributed by atoms with E-state index >= 15 is 0 Å². The van der Waals surface area contributed by atoms with Crippen molar-refractivity contribution in [2.24, 2.45) is 0 Å². The molecule has 11 rings (SSSR count). The summed E-state index contributed by atoms with van der Waals surface area (Å²) in [6.07, 6.45) is 0. The van der Waals surface area contributed by atoms with E-state index in [4.69, 9.17) is 0 Å². The summed E-state index contributed by atoms with van der Waals surface area (Å²) in [5.41, 5.74) is 11.8. The first kappa shape index (κ1) is 31.6. The Labute approximate surface area is 323 Å². The lowest BCUT2D eigenvalue weighted by Gasteiger charge is -2.27. The van der Waals surface area contributed by atoms with Crippen molar-refractivity contribution in [2.45, 2.75) is 0 Å². The molecule has 2 aromatic heterocycles. The second-order valence-electron chi connectivity index (χ2n) is 14.1. The Balaban J connectivity index is 1.18. The molecule has 0 amide bonds. The number of nitrogens with zero attached hydrogens (tertiary/aromatic N) is 2. The zero-order valence-corrected chi connectivity index (χ0v) is 30.7. The molecule has 0 atom stereocenters. The van der Waals surface area contributed by atoms with Crippen LogP contribution in [0.3, 0.4) is 0 Å². The van der Waals surface area contributed by atoms with E-state index in [2.05, 4.69) is 216 Å². The van der Waals surface area contributed by atoms with Gasteiger partial charge < -0.3 is 9.47 Å². The number of aromatic nitrogens is 1. The zero-order chi connectivity index (χ0) is 36.3. The normalized spacial score (nSPS) is 11.6. The number of hydrogen-bond acceptors (Lipinski definition) is 2. The molecule has 0 saturated carbocycles. The summed E-state index contributed by atoms with van der Waals surface area (Å²) in [5.74, 6) is 0. The number of benzene rings is 9. The first-order chi connectivity index (χ1) is 27.3. The van der Waals surface area contributed by atoms with Gasteiger partial charge in [0, 0.05) is 48.0 Å². The van der Waals surface area contributed by atoms with Gasteiger partial charge in [0.2, 0.25) is 0 Å². The largest absolute Gasteiger partial charge is 0.310 e. The molecule has 258 valence electrons. The molecule has 55 heavy (non-hydrogen) atoms. The lowest BCUT2D eigenvalue weighted by atomic mass is 9.92. The highest BCUT2D eigenvalue weighted by molar-refractivity contribution is 7.26. The van der Waals surface area contributed by atoms with Crippen LogP contribution in [0.1, 0.15) is 0 Å². The highest BCUT2D eigenvalue weighted by Crippen LogP contribution is 2.48. The number of para-hydroxylation sites is 2. The third kappa shape index (κ3) is 5.16. The van der Waals surface area contributed by atoms with Gasteiger partial charge in [0.05, 0.1) is 16.7 Å². The molecular formula is C52H34N2S. The molecule has 9 aromatic carbocycles. The highest BCUT2D eigenvalue weighted by Gasteiger charge is 2.22. The summed E-state index contributed by atoms with van der Waals surface area (Å²) < 4.78 is 5.00. The molecule has 0 aliphatic heterocycles. The Hall–Kier alpha value is -6.94. The maximum atomic E-state index is 2.45. The van der Waals surface area contributed by atoms with E-state index in [0.29, 0.717) is 0 Å². The SMILES string of the molecule is c1ccc(-c2ccc(N(c3cccc(-c4c5ccccc5cc5c4c4ccccc4n5-c4ccccc4)c3)c3cccc4sc5ccccc5c34)cc2)cc1. The minimum Gasteiger partial charge on any atom is -0.310 e. The van der Waals surface area contributed by atoms with Crippen molar-refractivity contribution in [1.82, 2.24) is 4.57 Å². The number of anilines is 3. The second kappa shape index (κ2) is 12.9. The van der Waals surface area contributed by atoms with E-state index in [9.17, 15) is 0 Å².